The molecule has 2 aromatic heterocycles. The molecule has 8 heteroatoms. The van der Waals surface area contributed by atoms with Crippen LogP contribution in [0.25, 0.3) is 11.3 Å². The van der Waals surface area contributed by atoms with Crippen LogP contribution in [0.2, 0.25) is 0 Å². The normalized spacial score (nSPS) is 10.8. The van der Waals surface area contributed by atoms with Crippen molar-refractivity contribution in [3.63, 3.8) is 0 Å². The van der Waals surface area contributed by atoms with E-state index in [0.29, 0.717) is 17.0 Å². The number of furan rings is 1. The molecular weight excluding hydrogens is 320 g/mol. The van der Waals surface area contributed by atoms with Gasteiger partial charge in [0.25, 0.3) is 5.91 Å². The lowest BCUT2D eigenvalue weighted by Gasteiger charge is -2.04. The van der Waals surface area contributed by atoms with Crippen molar-refractivity contribution >= 4 is 5.91 Å². The van der Waals surface area contributed by atoms with Crippen molar-refractivity contribution in [2.24, 2.45) is 0 Å². The number of benzene rings is 1. The number of H-pyrrole nitrogens is 1. The Labute approximate surface area is 135 Å². The van der Waals surface area contributed by atoms with E-state index in [1.807, 2.05) is 0 Å². The zero-order valence-electron chi connectivity index (χ0n) is 12.3. The Morgan fingerprint density at radius 1 is 1.29 bits per heavy atom. The SMILES string of the molecule is O=C(NCc1ccco1)c1cc(-c2ccc(OC(F)F)cc2)n[nH]1. The van der Waals surface area contributed by atoms with Gasteiger partial charge in [0.2, 0.25) is 0 Å². The van der Waals surface area contributed by atoms with Crippen molar-refractivity contribution < 1.29 is 22.7 Å². The minimum Gasteiger partial charge on any atom is -0.467 e. The molecule has 0 saturated heterocycles. The molecule has 0 fully saturated rings. The van der Waals surface area contributed by atoms with Gasteiger partial charge in [-0.15, -0.1) is 0 Å². The van der Waals surface area contributed by atoms with Gasteiger partial charge in [-0.25, -0.2) is 0 Å². The van der Waals surface area contributed by atoms with Crippen molar-refractivity contribution in [1.29, 1.82) is 0 Å². The molecule has 6 nitrogen and oxygen atoms in total. The average molecular weight is 333 g/mol. The standard InChI is InChI=1S/C16H13F2N3O3/c17-16(18)24-11-5-3-10(4-6-11)13-8-14(21-20-13)15(22)19-9-12-2-1-7-23-12/h1-8,16H,9H2,(H,19,22)(H,20,21). The number of nitrogens with zero attached hydrogens (tertiary/aromatic N) is 1. The highest BCUT2D eigenvalue weighted by molar-refractivity contribution is 5.93. The second kappa shape index (κ2) is 6.95. The molecule has 0 bridgehead atoms. The van der Waals surface area contributed by atoms with Gasteiger partial charge >= 0.3 is 6.61 Å². The van der Waals surface area contributed by atoms with Gasteiger partial charge in [-0.3, -0.25) is 9.89 Å². The molecule has 3 rings (SSSR count). The maximum atomic E-state index is 12.1. The lowest BCUT2D eigenvalue weighted by molar-refractivity contribution is -0.0498. The minimum atomic E-state index is -2.87. The van der Waals surface area contributed by atoms with Gasteiger partial charge in [0.15, 0.2) is 0 Å². The number of halogens is 2. The van der Waals surface area contributed by atoms with Crippen LogP contribution in [0.1, 0.15) is 16.2 Å². The van der Waals surface area contributed by atoms with Gasteiger partial charge < -0.3 is 14.5 Å². The fraction of sp³-hybridized carbons (Fsp3) is 0.125. The fourth-order valence-corrected chi connectivity index (χ4v) is 2.07. The van der Waals surface area contributed by atoms with Crippen LogP contribution in [-0.4, -0.2) is 22.7 Å². The van der Waals surface area contributed by atoms with Crippen LogP contribution in [0.3, 0.4) is 0 Å². The third-order valence-corrected chi connectivity index (χ3v) is 3.20. The van der Waals surface area contributed by atoms with Crippen molar-refractivity contribution in [3.05, 3.63) is 60.2 Å². The van der Waals surface area contributed by atoms with Crippen LogP contribution in [-0.2, 0) is 6.54 Å². The Morgan fingerprint density at radius 2 is 2.08 bits per heavy atom. The van der Waals surface area contributed by atoms with Gasteiger partial charge in [0.05, 0.1) is 18.5 Å². The number of aromatic amines is 1. The van der Waals surface area contributed by atoms with Crippen LogP contribution >= 0.6 is 0 Å². The summed E-state index contributed by atoms with van der Waals surface area (Å²) < 4.78 is 33.6. The molecule has 0 aliphatic rings. The number of hydrogen-bond acceptors (Lipinski definition) is 4. The van der Waals surface area contributed by atoms with Crippen LogP contribution < -0.4 is 10.1 Å². The maximum absolute atomic E-state index is 12.1. The average Bonchev–Trinajstić information content (AvgIpc) is 3.24. The molecule has 2 heterocycles. The van der Waals surface area contributed by atoms with E-state index >= 15 is 0 Å². The van der Waals surface area contributed by atoms with Gasteiger partial charge in [-0.05, 0) is 42.5 Å². The van der Waals surface area contributed by atoms with Crippen molar-refractivity contribution in [1.82, 2.24) is 15.5 Å². The topological polar surface area (TPSA) is 80.2 Å². The Bertz CT molecular complexity index is 798. The first-order chi connectivity index (χ1) is 11.6. The van der Waals surface area contributed by atoms with E-state index < -0.39 is 6.61 Å². The zero-order valence-corrected chi connectivity index (χ0v) is 12.3. The minimum absolute atomic E-state index is 0.0562. The molecule has 24 heavy (non-hydrogen) atoms. The summed E-state index contributed by atoms with van der Waals surface area (Å²) in [6.07, 6.45) is 1.53. The monoisotopic (exact) mass is 333 g/mol. The van der Waals surface area contributed by atoms with Gasteiger partial charge in [0, 0.05) is 5.56 Å². The lowest BCUT2D eigenvalue weighted by Crippen LogP contribution is -2.22. The summed E-state index contributed by atoms with van der Waals surface area (Å²) >= 11 is 0. The number of ether oxygens (including phenoxy) is 1. The lowest BCUT2D eigenvalue weighted by atomic mass is 10.1. The maximum Gasteiger partial charge on any atom is 0.387 e. The highest BCUT2D eigenvalue weighted by Crippen LogP contribution is 2.22. The van der Waals surface area contributed by atoms with E-state index in [4.69, 9.17) is 4.42 Å². The third-order valence-electron chi connectivity index (χ3n) is 3.20. The largest absolute Gasteiger partial charge is 0.467 e. The Hall–Kier alpha value is -3.16. The van der Waals surface area contributed by atoms with Crippen LogP contribution in [0, 0.1) is 0 Å². The number of carbonyl (C=O) groups excluding carboxylic acids is 1. The number of carbonyl (C=O) groups is 1. The van der Waals surface area contributed by atoms with E-state index in [0.717, 1.165) is 0 Å². The predicted octanol–water partition coefficient (Wildman–Crippen LogP) is 3.20. The molecule has 1 amide bonds. The predicted molar refractivity (Wildman–Crippen MR) is 80.5 cm³/mol. The summed E-state index contributed by atoms with van der Waals surface area (Å²) in [4.78, 5) is 12.0. The van der Waals surface area contributed by atoms with Gasteiger partial charge in [-0.2, -0.15) is 13.9 Å². The summed E-state index contributed by atoms with van der Waals surface area (Å²) in [5.41, 5.74) is 1.46. The third kappa shape index (κ3) is 3.78. The number of aromatic nitrogens is 2. The summed E-state index contributed by atoms with van der Waals surface area (Å²) in [6.45, 7) is -2.61. The van der Waals surface area contributed by atoms with Crippen molar-refractivity contribution in [2.75, 3.05) is 0 Å². The molecule has 0 spiro atoms. The molecule has 124 valence electrons. The van der Waals surface area contributed by atoms with E-state index in [2.05, 4.69) is 20.3 Å². The van der Waals surface area contributed by atoms with E-state index in [1.54, 1.807) is 30.3 Å². The number of amides is 1. The smallest absolute Gasteiger partial charge is 0.387 e. The second-order valence-corrected chi connectivity index (χ2v) is 4.83. The molecule has 0 unspecified atom stereocenters. The molecule has 0 radical (unpaired) electrons. The van der Waals surface area contributed by atoms with Crippen LogP contribution in [0.4, 0.5) is 8.78 Å². The number of alkyl halides is 2. The molecule has 2 N–H and O–H groups in total. The molecule has 1 aromatic carbocycles. The zero-order chi connectivity index (χ0) is 16.9. The first-order valence-corrected chi connectivity index (χ1v) is 7.03. The van der Waals surface area contributed by atoms with E-state index in [9.17, 15) is 13.6 Å². The number of hydrogen-bond donors (Lipinski definition) is 2. The quantitative estimate of drug-likeness (QED) is 0.726. The molecule has 0 aliphatic carbocycles. The first kappa shape index (κ1) is 15.7. The Balaban J connectivity index is 1.65. The highest BCUT2D eigenvalue weighted by Gasteiger charge is 2.12. The number of nitrogens with one attached hydrogen (secondary N) is 2. The van der Waals surface area contributed by atoms with E-state index in [1.165, 1.54) is 18.4 Å². The summed E-state index contributed by atoms with van der Waals surface area (Å²) in [5.74, 6) is 0.362. The first-order valence-electron chi connectivity index (χ1n) is 7.03. The van der Waals surface area contributed by atoms with E-state index in [-0.39, 0.29) is 23.9 Å². The molecule has 0 saturated carbocycles. The summed E-state index contributed by atoms with van der Waals surface area (Å²) in [5, 5.41) is 9.37. The summed E-state index contributed by atoms with van der Waals surface area (Å²) in [7, 11) is 0. The van der Waals surface area contributed by atoms with Crippen molar-refractivity contribution in [3.8, 4) is 17.0 Å². The van der Waals surface area contributed by atoms with Gasteiger partial charge in [0.1, 0.15) is 17.2 Å². The number of rotatable bonds is 6. The van der Waals surface area contributed by atoms with Crippen LogP contribution in [0.15, 0.2) is 53.1 Å². The highest BCUT2D eigenvalue weighted by atomic mass is 19.3. The molecular formula is C16H13F2N3O3. The van der Waals surface area contributed by atoms with Crippen LogP contribution in [0.5, 0.6) is 5.75 Å². The summed E-state index contributed by atoms with van der Waals surface area (Å²) in [6, 6.07) is 11.0. The van der Waals surface area contributed by atoms with Crippen molar-refractivity contribution in [2.45, 2.75) is 13.2 Å². The molecule has 0 aliphatic heterocycles. The Kier molecular flexibility index (Phi) is 4.55. The van der Waals surface area contributed by atoms with Gasteiger partial charge in [-0.1, -0.05) is 0 Å². The molecule has 0 atom stereocenters. The second-order valence-electron chi connectivity index (χ2n) is 4.83. The Morgan fingerprint density at radius 3 is 2.75 bits per heavy atom. The fourth-order valence-electron chi connectivity index (χ4n) is 2.07. The molecule has 3 aromatic rings.